The van der Waals surface area contributed by atoms with Crippen LogP contribution in [-0.2, 0) is 14.8 Å². The molecule has 0 bridgehead atoms. The maximum absolute atomic E-state index is 11.0. The van der Waals surface area contributed by atoms with Crippen LogP contribution in [0.3, 0.4) is 0 Å². The van der Waals surface area contributed by atoms with Gasteiger partial charge in [-0.25, -0.2) is 13.6 Å². The van der Waals surface area contributed by atoms with Crippen molar-refractivity contribution < 1.29 is 18.3 Å². The molecule has 0 aromatic heterocycles. The lowest BCUT2D eigenvalue weighted by molar-refractivity contribution is 0.119. The van der Waals surface area contributed by atoms with E-state index in [4.69, 9.17) is 15.0 Å². The molecule has 3 N–H and O–H groups in total. The molecule has 0 aromatic rings. The van der Waals surface area contributed by atoms with Gasteiger partial charge in [0.1, 0.15) is 0 Å². The highest BCUT2D eigenvalue weighted by molar-refractivity contribution is 7.89. The van der Waals surface area contributed by atoms with Gasteiger partial charge in [-0.2, -0.15) is 0 Å². The number of rotatable bonds is 20. The van der Waals surface area contributed by atoms with Crippen LogP contribution in [0.25, 0.3) is 0 Å². The molecule has 0 aromatic carbocycles. The number of hydrogen-bond acceptors (Lipinski definition) is 4. The third kappa shape index (κ3) is 20.9. The predicted octanol–water partition coefficient (Wildman–Crippen LogP) is 5.41. The molecule has 176 valence electrons. The molecule has 6 heteroatoms. The lowest BCUT2D eigenvalue weighted by Gasteiger charge is -2.25. The number of ether oxygens (including phenoxy) is 1. The minimum absolute atomic E-state index is 0.0951. The zero-order valence-corrected chi connectivity index (χ0v) is 20.5. The lowest BCUT2D eigenvalue weighted by Crippen LogP contribution is -2.17. The third-order valence-corrected chi connectivity index (χ3v) is 6.69. The first-order valence-electron chi connectivity index (χ1n) is 11.7. The Bertz CT molecular complexity index is 489. The van der Waals surface area contributed by atoms with Crippen LogP contribution in [0.15, 0.2) is 0 Å². The van der Waals surface area contributed by atoms with E-state index >= 15 is 0 Å². The summed E-state index contributed by atoms with van der Waals surface area (Å²) in [6.07, 6.45) is 14.1. The first-order chi connectivity index (χ1) is 13.5. The Morgan fingerprint density at radius 1 is 0.690 bits per heavy atom. The van der Waals surface area contributed by atoms with Crippen molar-refractivity contribution in [2.45, 2.75) is 111 Å². The average Bonchev–Trinajstić information content (AvgIpc) is 2.60. The van der Waals surface area contributed by atoms with E-state index in [1.807, 2.05) is 0 Å². The van der Waals surface area contributed by atoms with E-state index in [0.29, 0.717) is 18.4 Å². The second-order valence-electron chi connectivity index (χ2n) is 10.2. The number of aliphatic hydroxyl groups is 1. The average molecular weight is 436 g/mol. The van der Waals surface area contributed by atoms with Crippen LogP contribution in [0.1, 0.15) is 111 Å². The second-order valence-corrected chi connectivity index (χ2v) is 11.9. The number of nitrogens with two attached hydrogens (primary N) is 1. The molecule has 0 unspecified atom stereocenters. The fraction of sp³-hybridized carbons (Fsp3) is 1.00. The molecule has 0 aliphatic heterocycles. The number of hydrogen-bond donors (Lipinski definition) is 2. The molecule has 0 spiro atoms. The van der Waals surface area contributed by atoms with Crippen molar-refractivity contribution in [2.24, 2.45) is 16.0 Å². The largest absolute Gasteiger partial charge is 0.396 e. The second kappa shape index (κ2) is 15.6. The maximum Gasteiger partial charge on any atom is 0.209 e. The highest BCUT2D eigenvalue weighted by Crippen LogP contribution is 2.30. The van der Waals surface area contributed by atoms with Gasteiger partial charge in [0, 0.05) is 19.8 Å². The summed E-state index contributed by atoms with van der Waals surface area (Å²) in [5.41, 5.74) is 0.649. The van der Waals surface area contributed by atoms with Crippen molar-refractivity contribution in [2.75, 3.05) is 25.6 Å². The fourth-order valence-electron chi connectivity index (χ4n) is 3.77. The highest BCUT2D eigenvalue weighted by atomic mass is 32.2. The molecule has 0 rings (SSSR count). The molecule has 0 aliphatic rings. The van der Waals surface area contributed by atoms with E-state index in [9.17, 15) is 8.42 Å². The molecule has 0 atom stereocenters. The van der Waals surface area contributed by atoms with Crippen LogP contribution in [-0.4, -0.2) is 39.1 Å². The van der Waals surface area contributed by atoms with E-state index in [-0.39, 0.29) is 11.2 Å². The summed E-state index contributed by atoms with van der Waals surface area (Å²) in [5.74, 6) is 0.0951. The Balaban J connectivity index is 3.57. The van der Waals surface area contributed by atoms with Crippen molar-refractivity contribution in [3.05, 3.63) is 0 Å². The highest BCUT2D eigenvalue weighted by Gasteiger charge is 2.18. The Morgan fingerprint density at radius 2 is 1.10 bits per heavy atom. The van der Waals surface area contributed by atoms with E-state index < -0.39 is 10.0 Å². The van der Waals surface area contributed by atoms with Crippen LogP contribution in [0.5, 0.6) is 0 Å². The van der Waals surface area contributed by atoms with Crippen LogP contribution < -0.4 is 5.14 Å². The van der Waals surface area contributed by atoms with Gasteiger partial charge in [-0.3, -0.25) is 0 Å². The van der Waals surface area contributed by atoms with Crippen molar-refractivity contribution in [1.29, 1.82) is 0 Å². The van der Waals surface area contributed by atoms with E-state index in [1.54, 1.807) is 0 Å². The van der Waals surface area contributed by atoms with Gasteiger partial charge in [0.2, 0.25) is 10.0 Å². The van der Waals surface area contributed by atoms with Crippen molar-refractivity contribution in [3.63, 3.8) is 0 Å². The summed E-state index contributed by atoms with van der Waals surface area (Å²) in [6, 6.07) is 0. The van der Waals surface area contributed by atoms with Gasteiger partial charge < -0.3 is 9.84 Å². The zero-order chi connectivity index (χ0) is 22.2. The Labute approximate surface area is 181 Å². The van der Waals surface area contributed by atoms with Gasteiger partial charge in [0.05, 0.1) is 5.75 Å². The molecule has 0 heterocycles. The Hall–Kier alpha value is -0.170. The Morgan fingerprint density at radius 3 is 1.52 bits per heavy atom. The van der Waals surface area contributed by atoms with Gasteiger partial charge in [0.25, 0.3) is 0 Å². The summed E-state index contributed by atoms with van der Waals surface area (Å²) < 4.78 is 27.7. The molecule has 0 saturated heterocycles. The molecule has 0 aliphatic carbocycles. The van der Waals surface area contributed by atoms with Gasteiger partial charge in [-0.05, 0) is 62.2 Å². The summed E-state index contributed by atoms with van der Waals surface area (Å²) in [6.45, 7) is 11.2. The van der Waals surface area contributed by atoms with Crippen LogP contribution in [0, 0.1) is 10.8 Å². The normalized spacial score (nSPS) is 13.2. The van der Waals surface area contributed by atoms with Crippen LogP contribution >= 0.6 is 0 Å². The minimum atomic E-state index is -3.32. The molecular formula is C23H49NO4S. The zero-order valence-electron chi connectivity index (χ0n) is 19.7. The summed E-state index contributed by atoms with van der Waals surface area (Å²) >= 11 is 0. The summed E-state index contributed by atoms with van der Waals surface area (Å²) in [5, 5.41) is 13.9. The maximum atomic E-state index is 11.0. The number of aliphatic hydroxyl groups excluding tert-OH is 1. The van der Waals surface area contributed by atoms with E-state index in [0.717, 1.165) is 64.6 Å². The van der Waals surface area contributed by atoms with Crippen molar-refractivity contribution in [1.82, 2.24) is 0 Å². The van der Waals surface area contributed by atoms with E-state index in [2.05, 4.69) is 27.7 Å². The van der Waals surface area contributed by atoms with Crippen molar-refractivity contribution in [3.8, 4) is 0 Å². The third-order valence-electron chi connectivity index (χ3n) is 5.83. The first-order valence-corrected chi connectivity index (χ1v) is 13.4. The standard InChI is InChI=1S/C23H49NO4S/c1-22(2,14-6-5-10-18-25)15-7-11-19-28-20-12-8-16-23(3,4)17-9-13-21-29(24,26)27/h25H,5-21H2,1-4H3,(H2,24,26,27). The van der Waals surface area contributed by atoms with Gasteiger partial charge in [0.15, 0.2) is 0 Å². The smallest absolute Gasteiger partial charge is 0.209 e. The summed E-state index contributed by atoms with van der Waals surface area (Å²) in [4.78, 5) is 0. The topological polar surface area (TPSA) is 89.6 Å². The fourth-order valence-corrected chi connectivity index (χ4v) is 4.37. The molecule has 0 fully saturated rings. The Kier molecular flexibility index (Phi) is 15.5. The molecule has 5 nitrogen and oxygen atoms in total. The monoisotopic (exact) mass is 435 g/mol. The number of primary sulfonamides is 1. The van der Waals surface area contributed by atoms with Gasteiger partial charge in [-0.15, -0.1) is 0 Å². The SMILES string of the molecule is CC(C)(CCCCCO)CCCCOCCCCC(C)(C)CCCCS(N)(=O)=O. The quantitative estimate of drug-likeness (QED) is 0.250. The number of sulfonamides is 1. The minimum Gasteiger partial charge on any atom is -0.396 e. The lowest BCUT2D eigenvalue weighted by atomic mass is 9.82. The van der Waals surface area contributed by atoms with Crippen LogP contribution in [0.4, 0.5) is 0 Å². The molecular weight excluding hydrogens is 386 g/mol. The molecule has 0 radical (unpaired) electrons. The molecule has 29 heavy (non-hydrogen) atoms. The van der Waals surface area contributed by atoms with Gasteiger partial charge >= 0.3 is 0 Å². The van der Waals surface area contributed by atoms with Crippen LogP contribution in [0.2, 0.25) is 0 Å². The van der Waals surface area contributed by atoms with E-state index in [1.165, 1.54) is 25.7 Å². The van der Waals surface area contributed by atoms with Gasteiger partial charge in [-0.1, -0.05) is 59.8 Å². The summed E-state index contributed by atoms with van der Waals surface area (Å²) in [7, 11) is -3.32. The number of unbranched alkanes of at least 4 members (excludes halogenated alkanes) is 5. The molecule has 0 saturated carbocycles. The molecule has 0 amide bonds. The first kappa shape index (κ1) is 28.8. The predicted molar refractivity (Wildman–Crippen MR) is 123 cm³/mol. The van der Waals surface area contributed by atoms with Crippen molar-refractivity contribution >= 4 is 10.0 Å².